The predicted octanol–water partition coefficient (Wildman–Crippen LogP) is 2.58. The summed E-state index contributed by atoms with van der Waals surface area (Å²) in [5.74, 6) is 0.444. The minimum absolute atomic E-state index is 0.444. The van der Waals surface area contributed by atoms with Crippen molar-refractivity contribution >= 4 is 0 Å². The molecule has 1 heterocycles. The Morgan fingerprint density at radius 1 is 1.22 bits per heavy atom. The standard InChI is InChI=1S/C14H20N4/c1-10(2)11-7-5-6-8-12(11)18-9-13(16-17-18)14(3,4)15/h5-10H,15H2,1-4H3. The Morgan fingerprint density at radius 2 is 1.89 bits per heavy atom. The quantitative estimate of drug-likeness (QED) is 0.902. The number of hydrogen-bond acceptors (Lipinski definition) is 3. The van der Waals surface area contributed by atoms with E-state index >= 15 is 0 Å². The van der Waals surface area contributed by atoms with E-state index in [0.717, 1.165) is 11.4 Å². The Balaban J connectivity index is 2.47. The van der Waals surface area contributed by atoms with Crippen LogP contribution in [0.1, 0.15) is 44.9 Å². The van der Waals surface area contributed by atoms with E-state index in [1.54, 1.807) is 4.68 Å². The van der Waals surface area contributed by atoms with E-state index in [-0.39, 0.29) is 0 Å². The molecule has 2 aromatic rings. The molecule has 0 saturated carbocycles. The minimum Gasteiger partial charge on any atom is -0.320 e. The molecule has 2 N–H and O–H groups in total. The summed E-state index contributed by atoms with van der Waals surface area (Å²) in [4.78, 5) is 0. The Bertz CT molecular complexity index is 535. The SMILES string of the molecule is CC(C)c1ccccc1-n1cc(C(C)(C)N)nn1. The van der Waals surface area contributed by atoms with Crippen LogP contribution >= 0.6 is 0 Å². The first kappa shape index (κ1) is 12.8. The van der Waals surface area contributed by atoms with Crippen LogP contribution in [0, 0.1) is 0 Å². The van der Waals surface area contributed by atoms with Crippen molar-refractivity contribution < 1.29 is 0 Å². The van der Waals surface area contributed by atoms with Crippen LogP contribution in [0.4, 0.5) is 0 Å². The van der Waals surface area contributed by atoms with Gasteiger partial charge in [0.25, 0.3) is 0 Å². The average Bonchev–Trinajstić information content (AvgIpc) is 2.77. The van der Waals surface area contributed by atoms with Crippen molar-refractivity contribution in [2.45, 2.75) is 39.2 Å². The lowest BCUT2D eigenvalue weighted by Crippen LogP contribution is -2.29. The first-order chi connectivity index (χ1) is 8.39. The van der Waals surface area contributed by atoms with Crippen LogP contribution < -0.4 is 5.73 Å². The zero-order valence-corrected chi connectivity index (χ0v) is 11.4. The number of para-hydroxylation sites is 1. The summed E-state index contributed by atoms with van der Waals surface area (Å²) in [5, 5.41) is 8.33. The molecule has 1 aromatic heterocycles. The highest BCUT2D eigenvalue weighted by atomic mass is 15.4. The van der Waals surface area contributed by atoms with Gasteiger partial charge in [-0.2, -0.15) is 0 Å². The van der Waals surface area contributed by atoms with E-state index in [2.05, 4.69) is 36.3 Å². The zero-order valence-electron chi connectivity index (χ0n) is 11.4. The Kier molecular flexibility index (Phi) is 3.22. The molecule has 4 nitrogen and oxygen atoms in total. The number of hydrogen-bond donors (Lipinski definition) is 1. The number of rotatable bonds is 3. The zero-order chi connectivity index (χ0) is 13.3. The Morgan fingerprint density at radius 3 is 2.44 bits per heavy atom. The van der Waals surface area contributed by atoms with Gasteiger partial charge in [0.05, 0.1) is 17.4 Å². The van der Waals surface area contributed by atoms with Gasteiger partial charge in [-0.25, -0.2) is 4.68 Å². The Hall–Kier alpha value is -1.68. The number of aromatic nitrogens is 3. The fourth-order valence-electron chi connectivity index (χ4n) is 1.86. The maximum absolute atomic E-state index is 6.03. The monoisotopic (exact) mass is 244 g/mol. The van der Waals surface area contributed by atoms with Crippen LogP contribution in [0.15, 0.2) is 30.5 Å². The van der Waals surface area contributed by atoms with Gasteiger partial charge in [0.1, 0.15) is 5.69 Å². The van der Waals surface area contributed by atoms with E-state index in [0.29, 0.717) is 5.92 Å². The van der Waals surface area contributed by atoms with Crippen molar-refractivity contribution in [3.8, 4) is 5.69 Å². The lowest BCUT2D eigenvalue weighted by molar-refractivity contribution is 0.533. The van der Waals surface area contributed by atoms with Crippen LogP contribution in [0.3, 0.4) is 0 Å². The van der Waals surface area contributed by atoms with Crippen LogP contribution in [-0.2, 0) is 5.54 Å². The van der Waals surface area contributed by atoms with Crippen molar-refractivity contribution in [1.29, 1.82) is 0 Å². The highest BCUT2D eigenvalue weighted by molar-refractivity contribution is 5.42. The summed E-state index contributed by atoms with van der Waals surface area (Å²) in [5.41, 5.74) is 8.67. The minimum atomic E-state index is -0.467. The van der Waals surface area contributed by atoms with Crippen molar-refractivity contribution in [1.82, 2.24) is 15.0 Å². The van der Waals surface area contributed by atoms with Gasteiger partial charge in [-0.3, -0.25) is 0 Å². The fourth-order valence-corrected chi connectivity index (χ4v) is 1.86. The van der Waals surface area contributed by atoms with Gasteiger partial charge in [0.15, 0.2) is 0 Å². The molecule has 0 aliphatic carbocycles. The van der Waals surface area contributed by atoms with Gasteiger partial charge < -0.3 is 5.73 Å². The molecule has 0 aliphatic heterocycles. The molecule has 0 spiro atoms. The predicted molar refractivity (Wildman–Crippen MR) is 72.7 cm³/mol. The van der Waals surface area contributed by atoms with Gasteiger partial charge in [-0.15, -0.1) is 5.10 Å². The molecule has 0 aliphatic rings. The summed E-state index contributed by atoms with van der Waals surface area (Å²) in [6.45, 7) is 8.19. The second-order valence-corrected chi connectivity index (χ2v) is 5.48. The molecule has 0 radical (unpaired) electrons. The molecular formula is C14H20N4. The van der Waals surface area contributed by atoms with Crippen molar-refractivity contribution in [3.05, 3.63) is 41.7 Å². The molecule has 1 aromatic carbocycles. The summed E-state index contributed by atoms with van der Waals surface area (Å²) in [7, 11) is 0. The molecule has 2 rings (SSSR count). The summed E-state index contributed by atoms with van der Waals surface area (Å²) < 4.78 is 1.80. The van der Waals surface area contributed by atoms with E-state index in [1.807, 2.05) is 32.2 Å². The first-order valence-electron chi connectivity index (χ1n) is 6.20. The third-order valence-corrected chi connectivity index (χ3v) is 2.96. The third kappa shape index (κ3) is 2.43. The van der Waals surface area contributed by atoms with Gasteiger partial charge in [-0.05, 0) is 31.4 Å². The highest BCUT2D eigenvalue weighted by Crippen LogP contribution is 2.23. The molecule has 18 heavy (non-hydrogen) atoms. The van der Waals surface area contributed by atoms with Crippen LogP contribution in [-0.4, -0.2) is 15.0 Å². The first-order valence-corrected chi connectivity index (χ1v) is 6.20. The number of nitrogens with two attached hydrogens (primary N) is 1. The maximum atomic E-state index is 6.03. The fraction of sp³-hybridized carbons (Fsp3) is 0.429. The van der Waals surface area contributed by atoms with Gasteiger partial charge in [0.2, 0.25) is 0 Å². The normalized spacial score (nSPS) is 12.1. The van der Waals surface area contributed by atoms with Crippen molar-refractivity contribution in [3.63, 3.8) is 0 Å². The van der Waals surface area contributed by atoms with E-state index in [1.165, 1.54) is 5.56 Å². The lowest BCUT2D eigenvalue weighted by Gasteiger charge is -2.14. The van der Waals surface area contributed by atoms with Gasteiger partial charge in [0, 0.05) is 0 Å². The summed E-state index contributed by atoms with van der Waals surface area (Å²) in [6, 6.07) is 8.23. The maximum Gasteiger partial charge on any atom is 0.102 e. The van der Waals surface area contributed by atoms with E-state index < -0.39 is 5.54 Å². The second kappa shape index (κ2) is 4.53. The lowest BCUT2D eigenvalue weighted by atomic mass is 10.0. The second-order valence-electron chi connectivity index (χ2n) is 5.48. The van der Waals surface area contributed by atoms with Crippen molar-refractivity contribution in [2.24, 2.45) is 5.73 Å². The van der Waals surface area contributed by atoms with Crippen molar-refractivity contribution in [2.75, 3.05) is 0 Å². The number of nitrogens with zero attached hydrogens (tertiary/aromatic N) is 3. The molecule has 96 valence electrons. The molecular weight excluding hydrogens is 224 g/mol. The highest BCUT2D eigenvalue weighted by Gasteiger charge is 2.19. The van der Waals surface area contributed by atoms with E-state index in [4.69, 9.17) is 5.73 Å². The summed E-state index contributed by atoms with van der Waals surface area (Å²) in [6.07, 6.45) is 1.90. The molecule has 0 unspecified atom stereocenters. The Labute approximate surface area is 108 Å². The van der Waals surface area contributed by atoms with Crippen LogP contribution in [0.5, 0.6) is 0 Å². The molecule has 4 heteroatoms. The van der Waals surface area contributed by atoms with E-state index in [9.17, 15) is 0 Å². The smallest absolute Gasteiger partial charge is 0.102 e. The van der Waals surface area contributed by atoms with Crippen LogP contribution in [0.25, 0.3) is 5.69 Å². The van der Waals surface area contributed by atoms with Gasteiger partial charge >= 0.3 is 0 Å². The molecule has 0 bridgehead atoms. The molecule has 0 atom stereocenters. The third-order valence-electron chi connectivity index (χ3n) is 2.96. The topological polar surface area (TPSA) is 56.7 Å². The summed E-state index contributed by atoms with van der Waals surface area (Å²) >= 11 is 0. The average molecular weight is 244 g/mol. The number of benzene rings is 1. The van der Waals surface area contributed by atoms with Crippen LogP contribution in [0.2, 0.25) is 0 Å². The largest absolute Gasteiger partial charge is 0.320 e. The molecule has 0 amide bonds. The van der Waals surface area contributed by atoms with Gasteiger partial charge in [-0.1, -0.05) is 37.3 Å². The molecule has 0 saturated heterocycles. The molecule has 0 fully saturated rings.